The Hall–Kier alpha value is -7.88. The van der Waals surface area contributed by atoms with E-state index in [0.29, 0.717) is 22.0 Å². The van der Waals surface area contributed by atoms with Crippen molar-refractivity contribution in [3.8, 4) is 38.4 Å². The number of methoxy groups -OCH3 is 1. The van der Waals surface area contributed by atoms with Crippen molar-refractivity contribution in [3.05, 3.63) is 112 Å². The van der Waals surface area contributed by atoms with E-state index in [1.807, 2.05) is 0 Å². The maximum atomic E-state index is 14.7. The number of aromatic nitrogens is 7. The highest BCUT2D eigenvalue weighted by atomic mass is 32.2. The highest BCUT2D eigenvalue weighted by molar-refractivity contribution is 8.14. The second-order valence-electron chi connectivity index (χ2n) is 17.9. The fourth-order valence-corrected chi connectivity index (χ4v) is 13.9. The van der Waals surface area contributed by atoms with Crippen molar-refractivity contribution in [2.24, 2.45) is 5.73 Å². The molecule has 31 heteroatoms. The summed E-state index contributed by atoms with van der Waals surface area (Å²) < 4.78 is 17.6. The van der Waals surface area contributed by atoms with Crippen molar-refractivity contribution in [3.63, 3.8) is 0 Å². The van der Waals surface area contributed by atoms with Crippen molar-refractivity contribution in [1.29, 1.82) is 0 Å². The number of pyridine rings is 1. The maximum Gasteiger partial charge on any atom is 0.338 e. The number of aliphatic hydroxyl groups is 2. The second kappa shape index (κ2) is 22.0. The Labute approximate surface area is 474 Å². The SMILES string of the molecule is CO/C(C)=C1/NC(=O)[C@H]([C@@H](C)O)NC(=O)c2csc(n2)-c2cc(O)c(-c3nc(C(N)=O)cs3)nc2-c2csc(n2)[C@@H]2CSC(=O)c3[nH]c4cccc5c4c3CO[C@H]([C@H](O)C(=O)OC5)[C@H](NC(=O)c3csc1n3)c1nc(cs1)C(=O)N2. The molecule has 0 radical (unpaired) electrons. The Morgan fingerprint density at radius 1 is 0.800 bits per heavy atom. The number of esters is 1. The Morgan fingerprint density at radius 3 is 2.23 bits per heavy atom. The average Bonchev–Trinajstić information content (AvgIpc) is 4.42. The Bertz CT molecular complexity index is 3900. The van der Waals surface area contributed by atoms with Crippen LogP contribution in [0.4, 0.5) is 0 Å². The molecule has 3 aliphatic rings. The zero-order valence-corrected chi connectivity index (χ0v) is 46.3. The van der Waals surface area contributed by atoms with Crippen LogP contribution in [-0.2, 0) is 37.0 Å². The molecule has 8 aromatic rings. The standard InChI is InChI=1S/C49H40N12O13S6/c1-16(62)30-42(69)60-31(17(2)72-3)45-56-26(14-78-45)41(68)61-35-37-36(64)48(70)74-8-18-5-4-6-21-29(18)20(9-73-37)33(51-21)49(71)80-15-27(52-39(66)24-13-79-47(35)57-24)44-53-22(10-76-44)32-19(43-55-25(12-75-43)40(67)59-30)7-28(63)34(58-32)46-54-23(11-77-46)38(50)65/h4-7,10-14,16,27,30,35-37,51,62-64H,8-9,15H2,1-3H3,(H2,50,65)(H,52,66)(H,59,67)(H,60,69)(H,61,68)/b31-17+/t16-,27+,30+,35+,36+,37+/m1/s1. The van der Waals surface area contributed by atoms with E-state index in [1.54, 1.807) is 23.6 Å². The van der Waals surface area contributed by atoms with Crippen LogP contribution in [0.5, 0.6) is 5.75 Å². The van der Waals surface area contributed by atoms with Gasteiger partial charge in [0.2, 0.25) is 11.0 Å². The summed E-state index contributed by atoms with van der Waals surface area (Å²) in [4.78, 5) is 129. The second-order valence-corrected chi connectivity index (χ2v) is 23.3. The zero-order chi connectivity index (χ0) is 56.3. The highest BCUT2D eigenvalue weighted by Gasteiger charge is 2.41. The summed E-state index contributed by atoms with van der Waals surface area (Å²) in [6.07, 6.45) is -5.28. The van der Waals surface area contributed by atoms with Crippen LogP contribution in [0.25, 0.3) is 49.3 Å². The molecule has 6 atom stereocenters. The number of ether oxygens (including phenoxy) is 3. The number of fused-ring (bicyclic) bond motifs is 15. The van der Waals surface area contributed by atoms with E-state index < -0.39 is 89.4 Å². The van der Waals surface area contributed by atoms with Crippen LogP contribution in [0.2, 0.25) is 0 Å². The third-order valence-corrected chi connectivity index (χ3v) is 18.2. The third kappa shape index (κ3) is 10.3. The molecule has 5 amide bonds. The monoisotopic (exact) mass is 1200 g/mol. The molecule has 10 N–H and O–H groups in total. The van der Waals surface area contributed by atoms with E-state index in [0.717, 1.165) is 68.4 Å². The summed E-state index contributed by atoms with van der Waals surface area (Å²) in [6, 6.07) is 2.28. The van der Waals surface area contributed by atoms with Crippen LogP contribution in [0.15, 0.2) is 56.9 Å². The fraction of sp³-hybridized carbons (Fsp3) is 0.245. The van der Waals surface area contributed by atoms with Gasteiger partial charge in [-0.25, -0.2) is 34.7 Å². The van der Waals surface area contributed by atoms with E-state index in [1.165, 1.54) is 48.5 Å². The van der Waals surface area contributed by atoms with Crippen molar-refractivity contribution in [1.82, 2.24) is 56.2 Å². The molecule has 0 spiro atoms. The van der Waals surface area contributed by atoms with Crippen LogP contribution in [0.1, 0.15) is 105 Å². The van der Waals surface area contributed by atoms with Gasteiger partial charge in [0.05, 0.1) is 31.6 Å². The first-order valence-corrected chi connectivity index (χ1v) is 29.1. The number of primary amides is 1. The minimum atomic E-state index is -2.09. The number of carbonyl (C=O) groups is 7. The van der Waals surface area contributed by atoms with Crippen molar-refractivity contribution < 1.29 is 63.1 Å². The Morgan fingerprint density at radius 2 is 1.48 bits per heavy atom. The molecule has 3 aliphatic heterocycles. The zero-order valence-electron chi connectivity index (χ0n) is 41.4. The predicted octanol–water partition coefficient (Wildman–Crippen LogP) is 4.43. The third-order valence-electron chi connectivity index (χ3n) is 12.8. The number of cyclic esters (lactones) is 1. The number of rotatable bonds is 4. The number of nitrogens with one attached hydrogen (secondary N) is 5. The molecular formula is C49H40N12O13S6. The Balaban J connectivity index is 1.10. The van der Waals surface area contributed by atoms with Crippen molar-refractivity contribution in [2.45, 2.75) is 63.5 Å². The molecule has 0 unspecified atom stereocenters. The minimum absolute atomic E-state index is 0.00731. The van der Waals surface area contributed by atoms with Gasteiger partial charge in [-0.15, -0.1) is 56.7 Å². The number of allylic oxidation sites excluding steroid dienone is 1. The van der Waals surface area contributed by atoms with Gasteiger partial charge in [-0.3, -0.25) is 28.8 Å². The molecule has 1 aromatic carbocycles. The Kier molecular flexibility index (Phi) is 14.9. The number of hydrogen-bond acceptors (Lipinski definition) is 25. The first-order chi connectivity index (χ1) is 38.4. The van der Waals surface area contributed by atoms with Crippen molar-refractivity contribution >= 4 is 126 Å². The first kappa shape index (κ1) is 54.1. The summed E-state index contributed by atoms with van der Waals surface area (Å²) in [5, 5.41) is 53.0. The number of H-pyrrole nitrogens is 1. The van der Waals surface area contributed by atoms with Gasteiger partial charge in [0.25, 0.3) is 23.6 Å². The summed E-state index contributed by atoms with van der Waals surface area (Å²) in [5.74, 6) is -5.79. The normalized spacial score (nSPS) is 21.1. The molecule has 25 nitrogen and oxygen atoms in total. The number of thiazole rings is 5. The molecular weight excluding hydrogens is 1160 g/mol. The van der Waals surface area contributed by atoms with E-state index in [4.69, 9.17) is 29.9 Å². The number of amides is 5. The quantitative estimate of drug-likeness (QED) is 0.0869. The van der Waals surface area contributed by atoms with Gasteiger partial charge in [-0.05, 0) is 31.5 Å². The van der Waals surface area contributed by atoms with Gasteiger partial charge < -0.3 is 61.5 Å². The lowest BCUT2D eigenvalue weighted by Crippen LogP contribution is -2.52. The lowest BCUT2D eigenvalue weighted by molar-refractivity contribution is -0.166. The first-order valence-electron chi connectivity index (χ1n) is 23.7. The van der Waals surface area contributed by atoms with Gasteiger partial charge in [0.15, 0.2) is 6.10 Å². The molecule has 410 valence electrons. The highest BCUT2D eigenvalue weighted by Crippen LogP contribution is 2.42. The molecule has 0 aliphatic carbocycles. The van der Waals surface area contributed by atoms with E-state index >= 15 is 0 Å². The fourth-order valence-electron chi connectivity index (χ4n) is 8.71. The number of aromatic hydroxyl groups is 1. The summed E-state index contributed by atoms with van der Waals surface area (Å²) in [6.45, 7) is 2.06. The lowest BCUT2D eigenvalue weighted by atomic mass is 10.0. The van der Waals surface area contributed by atoms with E-state index in [-0.39, 0.29) is 100.0 Å². The summed E-state index contributed by atoms with van der Waals surface area (Å²) in [5.41, 5.74) is 6.58. The lowest BCUT2D eigenvalue weighted by Gasteiger charge is -2.30. The summed E-state index contributed by atoms with van der Waals surface area (Å²) >= 11 is 5.69. The van der Waals surface area contributed by atoms with Gasteiger partial charge in [-0.2, -0.15) is 0 Å². The number of thioether (sulfide) groups is 1. The van der Waals surface area contributed by atoms with Gasteiger partial charge >= 0.3 is 5.97 Å². The van der Waals surface area contributed by atoms with E-state index in [9.17, 15) is 48.9 Å². The van der Waals surface area contributed by atoms with Crippen LogP contribution in [-0.4, -0.2) is 128 Å². The topological polar surface area (TPSA) is 375 Å². The number of nitrogens with two attached hydrogens (primary N) is 1. The smallest absolute Gasteiger partial charge is 0.338 e. The van der Waals surface area contributed by atoms with Gasteiger partial charge in [0, 0.05) is 54.7 Å². The number of aliphatic hydroxyl groups excluding tert-OH is 2. The number of aromatic amines is 1. The molecule has 12 bridgehead atoms. The average molecular weight is 1200 g/mol. The van der Waals surface area contributed by atoms with Crippen LogP contribution >= 0.6 is 68.4 Å². The molecule has 0 fully saturated rings. The predicted molar refractivity (Wildman–Crippen MR) is 293 cm³/mol. The number of carbonyl (C=O) groups excluding carboxylic acids is 7. The molecule has 10 heterocycles. The molecule has 80 heavy (non-hydrogen) atoms. The molecule has 11 rings (SSSR count). The number of benzene rings is 1. The van der Waals surface area contributed by atoms with Gasteiger partial charge in [0.1, 0.15) is 107 Å². The van der Waals surface area contributed by atoms with Gasteiger partial charge in [-0.1, -0.05) is 23.9 Å². The number of nitrogens with zero attached hydrogens (tertiary/aromatic N) is 6. The van der Waals surface area contributed by atoms with E-state index in [2.05, 4.69) is 46.2 Å². The van der Waals surface area contributed by atoms with Crippen LogP contribution < -0.4 is 27.0 Å². The maximum absolute atomic E-state index is 14.7. The van der Waals surface area contributed by atoms with Crippen LogP contribution in [0.3, 0.4) is 0 Å². The molecule has 0 saturated carbocycles. The molecule has 7 aromatic heterocycles. The number of hydrogen-bond donors (Lipinski definition) is 9. The largest absolute Gasteiger partial charge is 0.506 e. The summed E-state index contributed by atoms with van der Waals surface area (Å²) in [7, 11) is 1.32. The van der Waals surface area contributed by atoms with Crippen LogP contribution in [0, 0.1) is 0 Å². The molecule has 0 saturated heterocycles. The minimum Gasteiger partial charge on any atom is -0.506 e. The van der Waals surface area contributed by atoms with Crippen molar-refractivity contribution in [2.75, 3.05) is 12.9 Å².